The second kappa shape index (κ2) is 15.7. The summed E-state index contributed by atoms with van der Waals surface area (Å²) in [4.78, 5) is 0. The van der Waals surface area contributed by atoms with Gasteiger partial charge in [0.05, 0.1) is 19.8 Å². The number of hydrogen-bond acceptors (Lipinski definition) is 4. The quantitative estimate of drug-likeness (QED) is 0.342. The molecule has 4 heteroatoms. The normalized spacial score (nSPS) is 13.0. The third kappa shape index (κ3) is 9.78. The highest BCUT2D eigenvalue weighted by molar-refractivity contribution is 4.82. The molecule has 4 nitrogen and oxygen atoms in total. The Kier molecular flexibility index (Phi) is 17.2. The van der Waals surface area contributed by atoms with Crippen molar-refractivity contribution < 1.29 is 15.3 Å². The van der Waals surface area contributed by atoms with Gasteiger partial charge < -0.3 is 21.5 Å². The molecule has 0 amide bonds. The highest BCUT2D eigenvalue weighted by Gasteiger charge is 2.34. The molecular weight excluding hydrogens is 278 g/mol. The Balaban J connectivity index is 0. The van der Waals surface area contributed by atoms with E-state index in [0.29, 0.717) is 0 Å². The summed E-state index contributed by atoms with van der Waals surface area (Å²) in [5.74, 6) is 0.159. The topological polar surface area (TPSA) is 95.7 Å². The van der Waals surface area contributed by atoms with Crippen LogP contribution in [0.5, 0.6) is 0 Å². The van der Waals surface area contributed by atoms with Crippen LogP contribution in [0.2, 0.25) is 0 Å². The molecule has 0 rings (SSSR count). The summed E-state index contributed by atoms with van der Waals surface area (Å²) in [6.07, 6.45) is 14.1. The number of aliphatic hydroxyl groups excluding tert-OH is 3. The number of aliphatic hydroxyl groups is 3. The van der Waals surface area contributed by atoms with Crippen molar-refractivity contribution in [1.29, 1.82) is 0 Å². The lowest BCUT2D eigenvalue weighted by atomic mass is 9.75. The summed E-state index contributed by atoms with van der Waals surface area (Å²) in [7, 11) is 0. The molecule has 0 spiro atoms. The molecule has 22 heavy (non-hydrogen) atoms. The minimum atomic E-state index is -0.709. The first-order chi connectivity index (χ1) is 10.2. The van der Waals surface area contributed by atoms with E-state index in [1.807, 2.05) is 6.92 Å². The lowest BCUT2D eigenvalue weighted by Gasteiger charge is -2.34. The van der Waals surface area contributed by atoms with Gasteiger partial charge in [-0.2, -0.15) is 0 Å². The Morgan fingerprint density at radius 1 is 0.682 bits per heavy atom. The summed E-state index contributed by atoms with van der Waals surface area (Å²) in [6.45, 7) is 3.85. The van der Waals surface area contributed by atoms with Crippen LogP contribution in [-0.4, -0.2) is 35.1 Å². The lowest BCUT2D eigenvalue weighted by Crippen LogP contribution is -2.40. The zero-order chi connectivity index (χ0) is 16.0. The minimum absolute atomic E-state index is 0. The fraction of sp³-hybridized carbons (Fsp3) is 1.00. The summed E-state index contributed by atoms with van der Waals surface area (Å²) in [5.41, 5.74) is -0.709. The van der Waals surface area contributed by atoms with Crippen LogP contribution in [0.25, 0.3) is 0 Å². The molecule has 0 bridgehead atoms. The van der Waals surface area contributed by atoms with E-state index < -0.39 is 5.41 Å². The van der Waals surface area contributed by atoms with E-state index in [-0.39, 0.29) is 31.9 Å². The Hall–Kier alpha value is -0.160. The maximum absolute atomic E-state index is 9.39. The first-order valence-electron chi connectivity index (χ1n) is 8.99. The molecule has 6 N–H and O–H groups in total. The standard InChI is InChI=1S/C18H38O3.H3N/c1-3-4-5-6-7-8-9-10-11-12-13-17(2)18(14-19,15-20)16-21;/h17,19-21H,3-16H2,1-2H3;1H3. The van der Waals surface area contributed by atoms with Crippen LogP contribution >= 0.6 is 0 Å². The average molecular weight is 320 g/mol. The van der Waals surface area contributed by atoms with Crippen LogP contribution in [0.4, 0.5) is 0 Å². The van der Waals surface area contributed by atoms with E-state index in [4.69, 9.17) is 0 Å². The van der Waals surface area contributed by atoms with Crippen molar-refractivity contribution in [3.63, 3.8) is 0 Å². The van der Waals surface area contributed by atoms with Gasteiger partial charge in [0.1, 0.15) is 0 Å². The van der Waals surface area contributed by atoms with Crippen molar-refractivity contribution in [3.05, 3.63) is 0 Å². The van der Waals surface area contributed by atoms with Crippen molar-refractivity contribution in [2.24, 2.45) is 11.3 Å². The Labute approximate surface area is 137 Å². The molecule has 0 aliphatic heterocycles. The minimum Gasteiger partial charge on any atom is -0.396 e. The van der Waals surface area contributed by atoms with E-state index in [1.165, 1.54) is 57.8 Å². The highest BCUT2D eigenvalue weighted by Crippen LogP contribution is 2.30. The van der Waals surface area contributed by atoms with Gasteiger partial charge in [-0.15, -0.1) is 0 Å². The van der Waals surface area contributed by atoms with E-state index in [2.05, 4.69) is 6.92 Å². The molecule has 0 heterocycles. The van der Waals surface area contributed by atoms with Gasteiger partial charge in [-0.25, -0.2) is 0 Å². The molecule has 0 radical (unpaired) electrons. The van der Waals surface area contributed by atoms with E-state index >= 15 is 0 Å². The fourth-order valence-corrected chi connectivity index (χ4v) is 2.86. The molecule has 1 unspecified atom stereocenters. The van der Waals surface area contributed by atoms with Gasteiger partial charge in [-0.3, -0.25) is 0 Å². The summed E-state index contributed by atoms with van der Waals surface area (Å²) in [6, 6.07) is 0. The van der Waals surface area contributed by atoms with Gasteiger partial charge in [0.2, 0.25) is 0 Å². The van der Waals surface area contributed by atoms with E-state index in [9.17, 15) is 15.3 Å². The maximum Gasteiger partial charge on any atom is 0.0534 e. The van der Waals surface area contributed by atoms with Crippen molar-refractivity contribution in [3.8, 4) is 0 Å². The van der Waals surface area contributed by atoms with Gasteiger partial charge in [-0.05, 0) is 12.3 Å². The van der Waals surface area contributed by atoms with Gasteiger partial charge in [0.15, 0.2) is 0 Å². The first kappa shape index (κ1) is 24.1. The number of rotatable bonds is 15. The molecule has 0 aliphatic carbocycles. The summed E-state index contributed by atoms with van der Waals surface area (Å²) in [5, 5.41) is 28.2. The molecule has 0 fully saturated rings. The Morgan fingerprint density at radius 2 is 1.05 bits per heavy atom. The SMILES string of the molecule is CCCCCCCCCCCCC(C)C(CO)(CO)CO.N. The maximum atomic E-state index is 9.39. The van der Waals surface area contributed by atoms with Crippen LogP contribution in [-0.2, 0) is 0 Å². The summed E-state index contributed by atoms with van der Waals surface area (Å²) < 4.78 is 0. The molecule has 0 saturated heterocycles. The first-order valence-corrected chi connectivity index (χ1v) is 8.99. The van der Waals surface area contributed by atoms with Crippen molar-refractivity contribution in [2.75, 3.05) is 19.8 Å². The molecule has 0 aromatic rings. The molecule has 136 valence electrons. The van der Waals surface area contributed by atoms with Gasteiger partial charge in [0, 0.05) is 5.41 Å². The van der Waals surface area contributed by atoms with Crippen molar-refractivity contribution in [1.82, 2.24) is 6.15 Å². The average Bonchev–Trinajstić information content (AvgIpc) is 2.51. The lowest BCUT2D eigenvalue weighted by molar-refractivity contribution is -0.0361. The monoisotopic (exact) mass is 319 g/mol. The van der Waals surface area contributed by atoms with Crippen molar-refractivity contribution >= 4 is 0 Å². The van der Waals surface area contributed by atoms with Gasteiger partial charge >= 0.3 is 0 Å². The number of hydrogen-bond donors (Lipinski definition) is 4. The molecular formula is C18H41NO3. The molecule has 0 aromatic heterocycles. The fourth-order valence-electron chi connectivity index (χ4n) is 2.86. The second-order valence-electron chi connectivity index (χ2n) is 6.71. The van der Waals surface area contributed by atoms with Crippen LogP contribution in [0.3, 0.4) is 0 Å². The van der Waals surface area contributed by atoms with E-state index in [0.717, 1.165) is 12.8 Å². The van der Waals surface area contributed by atoms with Crippen LogP contribution in [0, 0.1) is 11.3 Å². The summed E-state index contributed by atoms with van der Waals surface area (Å²) >= 11 is 0. The third-order valence-electron chi connectivity index (χ3n) is 4.98. The van der Waals surface area contributed by atoms with Gasteiger partial charge in [0.25, 0.3) is 0 Å². The Morgan fingerprint density at radius 3 is 1.41 bits per heavy atom. The van der Waals surface area contributed by atoms with Gasteiger partial charge in [-0.1, -0.05) is 78.1 Å². The predicted octanol–water partition coefficient (Wildman–Crippen LogP) is 4.06. The zero-order valence-electron chi connectivity index (χ0n) is 15.0. The third-order valence-corrected chi connectivity index (χ3v) is 4.98. The second-order valence-corrected chi connectivity index (χ2v) is 6.71. The van der Waals surface area contributed by atoms with Crippen molar-refractivity contribution in [2.45, 2.75) is 84.5 Å². The number of unbranched alkanes of at least 4 members (excludes halogenated alkanes) is 9. The predicted molar refractivity (Wildman–Crippen MR) is 94.3 cm³/mol. The largest absolute Gasteiger partial charge is 0.396 e. The smallest absolute Gasteiger partial charge is 0.0534 e. The molecule has 1 atom stereocenters. The zero-order valence-corrected chi connectivity index (χ0v) is 15.0. The molecule has 0 aromatic carbocycles. The van der Waals surface area contributed by atoms with E-state index in [1.54, 1.807) is 0 Å². The highest BCUT2D eigenvalue weighted by atomic mass is 16.3. The molecule has 0 aliphatic rings. The van der Waals surface area contributed by atoms with Crippen LogP contribution < -0.4 is 6.15 Å². The Bertz CT molecular complexity index is 212. The molecule has 0 saturated carbocycles. The van der Waals surface area contributed by atoms with Crippen LogP contribution in [0.15, 0.2) is 0 Å². The van der Waals surface area contributed by atoms with Crippen LogP contribution in [0.1, 0.15) is 84.5 Å².